The summed E-state index contributed by atoms with van der Waals surface area (Å²) in [5, 5.41) is 12.5. The number of rotatable bonds is 10. The van der Waals surface area contributed by atoms with Crippen molar-refractivity contribution in [3.8, 4) is 11.4 Å². The summed E-state index contributed by atoms with van der Waals surface area (Å²) in [7, 11) is 0. The summed E-state index contributed by atoms with van der Waals surface area (Å²) in [4.78, 5) is 12.1. The van der Waals surface area contributed by atoms with Crippen molar-refractivity contribution in [3.63, 3.8) is 0 Å². The van der Waals surface area contributed by atoms with Gasteiger partial charge >= 0.3 is 0 Å². The lowest BCUT2D eigenvalue weighted by molar-refractivity contribution is -0.118. The molecule has 0 aliphatic carbocycles. The van der Waals surface area contributed by atoms with Crippen molar-refractivity contribution in [2.75, 3.05) is 12.3 Å². The average molecular weight is 473 g/mol. The molecule has 0 atom stereocenters. The van der Waals surface area contributed by atoms with Crippen molar-refractivity contribution in [1.82, 2.24) is 20.1 Å². The van der Waals surface area contributed by atoms with Crippen molar-refractivity contribution in [3.05, 3.63) is 64.6 Å². The molecular formula is C22H25BrN4OS. The number of aromatic nitrogens is 3. The molecule has 0 saturated heterocycles. The lowest BCUT2D eigenvalue weighted by Gasteiger charge is -2.11. The minimum atomic E-state index is 0.0336. The summed E-state index contributed by atoms with van der Waals surface area (Å²) >= 11 is 4.91. The predicted molar refractivity (Wildman–Crippen MR) is 122 cm³/mol. The lowest BCUT2D eigenvalue weighted by Crippen LogP contribution is -2.26. The van der Waals surface area contributed by atoms with Gasteiger partial charge in [0.2, 0.25) is 5.91 Å². The van der Waals surface area contributed by atoms with Gasteiger partial charge in [0.05, 0.1) is 5.75 Å². The number of thioether (sulfide) groups is 1. The van der Waals surface area contributed by atoms with E-state index in [4.69, 9.17) is 0 Å². The van der Waals surface area contributed by atoms with Crippen LogP contribution in [0.1, 0.15) is 25.3 Å². The topological polar surface area (TPSA) is 59.8 Å². The lowest BCUT2D eigenvalue weighted by atomic mass is 10.1. The number of aryl methyl sites for hydroxylation is 1. The van der Waals surface area contributed by atoms with E-state index in [9.17, 15) is 4.79 Å². The van der Waals surface area contributed by atoms with Crippen LogP contribution in [-0.4, -0.2) is 33.0 Å². The molecule has 0 fully saturated rings. The van der Waals surface area contributed by atoms with Gasteiger partial charge in [-0.25, -0.2) is 0 Å². The third-order valence-electron chi connectivity index (χ3n) is 4.47. The fourth-order valence-electron chi connectivity index (χ4n) is 2.88. The Bertz CT molecular complexity index is 912. The van der Waals surface area contributed by atoms with E-state index in [1.54, 1.807) is 0 Å². The fraction of sp³-hybridized carbons (Fsp3) is 0.318. The predicted octanol–water partition coefficient (Wildman–Crippen LogP) is 4.96. The Morgan fingerprint density at radius 1 is 1.10 bits per heavy atom. The fourth-order valence-corrected chi connectivity index (χ4v) is 3.94. The maximum atomic E-state index is 12.1. The third kappa shape index (κ3) is 6.44. The highest BCUT2D eigenvalue weighted by Gasteiger charge is 2.16. The Morgan fingerprint density at radius 3 is 2.59 bits per heavy atom. The highest BCUT2D eigenvalue weighted by atomic mass is 79.9. The van der Waals surface area contributed by atoms with Crippen molar-refractivity contribution >= 4 is 33.6 Å². The highest BCUT2D eigenvalue weighted by molar-refractivity contribution is 9.10. The first-order valence-corrected chi connectivity index (χ1v) is 11.6. The van der Waals surface area contributed by atoms with E-state index in [1.165, 1.54) is 17.3 Å². The van der Waals surface area contributed by atoms with Crippen LogP contribution in [0.4, 0.5) is 0 Å². The van der Waals surface area contributed by atoms with E-state index >= 15 is 0 Å². The molecule has 1 amide bonds. The van der Waals surface area contributed by atoms with Gasteiger partial charge < -0.3 is 9.88 Å². The van der Waals surface area contributed by atoms with Crippen LogP contribution in [0.15, 0.2) is 64.2 Å². The van der Waals surface area contributed by atoms with Gasteiger partial charge in [-0.05, 0) is 30.5 Å². The summed E-state index contributed by atoms with van der Waals surface area (Å²) in [5.74, 6) is 1.20. The first-order valence-electron chi connectivity index (χ1n) is 9.80. The molecule has 5 nitrogen and oxygen atoms in total. The Morgan fingerprint density at radius 2 is 1.86 bits per heavy atom. The SMILES string of the molecule is CCCCNC(=O)CSc1nnc(-c2ccc(Br)cc2)n1CCc1ccccc1. The number of carbonyl (C=O) groups excluding carboxylic acids is 1. The zero-order valence-electron chi connectivity index (χ0n) is 16.5. The summed E-state index contributed by atoms with van der Waals surface area (Å²) < 4.78 is 3.13. The zero-order chi connectivity index (χ0) is 20.5. The van der Waals surface area contributed by atoms with Crippen molar-refractivity contribution in [2.24, 2.45) is 0 Å². The van der Waals surface area contributed by atoms with Crippen LogP contribution in [0.5, 0.6) is 0 Å². The molecule has 0 bridgehead atoms. The molecule has 0 radical (unpaired) electrons. The van der Waals surface area contributed by atoms with Crippen LogP contribution in [-0.2, 0) is 17.8 Å². The van der Waals surface area contributed by atoms with Crippen molar-refractivity contribution in [2.45, 2.75) is 37.9 Å². The molecule has 1 heterocycles. The number of carbonyl (C=O) groups is 1. The zero-order valence-corrected chi connectivity index (χ0v) is 18.9. The molecule has 0 aliphatic rings. The first kappa shape index (κ1) is 21.6. The average Bonchev–Trinajstić information content (AvgIpc) is 3.15. The third-order valence-corrected chi connectivity index (χ3v) is 5.97. The quantitative estimate of drug-likeness (QED) is 0.334. The van der Waals surface area contributed by atoms with Gasteiger partial charge in [0.15, 0.2) is 11.0 Å². The second kappa shape index (κ2) is 11.2. The Labute approximate surface area is 184 Å². The van der Waals surface area contributed by atoms with Crippen LogP contribution in [0.25, 0.3) is 11.4 Å². The summed E-state index contributed by atoms with van der Waals surface area (Å²) in [6, 6.07) is 18.4. The number of hydrogen-bond acceptors (Lipinski definition) is 4. The van der Waals surface area contributed by atoms with Crippen LogP contribution in [0.3, 0.4) is 0 Å². The van der Waals surface area contributed by atoms with Gasteiger partial charge in [-0.2, -0.15) is 0 Å². The number of unbranched alkanes of at least 4 members (excludes halogenated alkanes) is 1. The smallest absolute Gasteiger partial charge is 0.230 e. The van der Waals surface area contributed by atoms with Crippen LogP contribution < -0.4 is 5.32 Å². The molecule has 2 aromatic carbocycles. The summed E-state index contributed by atoms with van der Waals surface area (Å²) in [6.45, 7) is 3.59. The van der Waals surface area contributed by atoms with Gasteiger partial charge in [-0.1, -0.05) is 83.5 Å². The number of nitrogens with zero attached hydrogens (tertiary/aromatic N) is 3. The van der Waals surface area contributed by atoms with E-state index in [0.29, 0.717) is 5.75 Å². The minimum absolute atomic E-state index is 0.0336. The molecule has 29 heavy (non-hydrogen) atoms. The largest absolute Gasteiger partial charge is 0.355 e. The summed E-state index contributed by atoms with van der Waals surface area (Å²) in [6.07, 6.45) is 2.94. The van der Waals surface area contributed by atoms with Crippen LogP contribution >= 0.6 is 27.7 Å². The molecule has 3 rings (SSSR count). The second-order valence-corrected chi connectivity index (χ2v) is 8.55. The van der Waals surface area contributed by atoms with Crippen LogP contribution in [0.2, 0.25) is 0 Å². The first-order chi connectivity index (χ1) is 14.2. The minimum Gasteiger partial charge on any atom is -0.355 e. The number of benzene rings is 2. The highest BCUT2D eigenvalue weighted by Crippen LogP contribution is 2.25. The maximum Gasteiger partial charge on any atom is 0.230 e. The van der Waals surface area contributed by atoms with Gasteiger partial charge in [0.25, 0.3) is 0 Å². The number of nitrogens with one attached hydrogen (secondary N) is 1. The molecule has 0 unspecified atom stereocenters. The van der Waals surface area contributed by atoms with E-state index in [2.05, 4.69) is 55.1 Å². The molecule has 1 aromatic heterocycles. The van der Waals surface area contributed by atoms with Gasteiger partial charge in [-0.3, -0.25) is 4.79 Å². The Hall–Kier alpha value is -2.12. The van der Waals surface area contributed by atoms with E-state index < -0.39 is 0 Å². The normalized spacial score (nSPS) is 10.8. The van der Waals surface area contributed by atoms with Crippen molar-refractivity contribution < 1.29 is 4.79 Å². The summed E-state index contributed by atoms with van der Waals surface area (Å²) in [5.41, 5.74) is 2.27. The van der Waals surface area contributed by atoms with Crippen LogP contribution in [0, 0.1) is 0 Å². The molecule has 0 saturated carbocycles. The Kier molecular flexibility index (Phi) is 8.31. The molecule has 3 aromatic rings. The number of amides is 1. The van der Waals surface area contributed by atoms with Crippen molar-refractivity contribution in [1.29, 1.82) is 0 Å². The van der Waals surface area contributed by atoms with Gasteiger partial charge in [0, 0.05) is 23.1 Å². The van der Waals surface area contributed by atoms with E-state index in [0.717, 1.165) is 53.4 Å². The molecule has 0 spiro atoms. The molecule has 0 aliphatic heterocycles. The second-order valence-electron chi connectivity index (χ2n) is 6.69. The molecule has 7 heteroatoms. The molecule has 1 N–H and O–H groups in total. The number of hydrogen-bond donors (Lipinski definition) is 1. The standard InChI is InChI=1S/C22H25BrN4OS/c1-2-3-14-24-20(28)16-29-22-26-25-21(18-9-11-19(23)12-10-18)27(22)15-13-17-7-5-4-6-8-17/h4-12H,2-3,13-16H2,1H3,(H,24,28). The number of halogens is 1. The van der Waals surface area contributed by atoms with E-state index in [1.807, 2.05) is 42.5 Å². The van der Waals surface area contributed by atoms with E-state index in [-0.39, 0.29) is 5.91 Å². The molecular weight excluding hydrogens is 448 g/mol. The Balaban J connectivity index is 1.76. The van der Waals surface area contributed by atoms with Gasteiger partial charge in [-0.15, -0.1) is 10.2 Å². The maximum absolute atomic E-state index is 12.1. The van der Waals surface area contributed by atoms with Gasteiger partial charge in [0.1, 0.15) is 0 Å². The monoisotopic (exact) mass is 472 g/mol. The molecule has 152 valence electrons.